The van der Waals surface area contributed by atoms with Gasteiger partial charge in [-0.05, 0) is 18.6 Å². The summed E-state index contributed by atoms with van der Waals surface area (Å²) in [5, 5.41) is 8.92. The number of nitrogens with one attached hydrogen (secondary N) is 1. The van der Waals surface area contributed by atoms with Crippen LogP contribution in [0.5, 0.6) is 0 Å². The molecular weight excluding hydrogens is 178 g/mol. The Hall–Kier alpha value is -1.32. The molecule has 0 bridgehead atoms. The van der Waals surface area contributed by atoms with Crippen molar-refractivity contribution < 1.29 is 9.94 Å². The lowest BCUT2D eigenvalue weighted by Gasteiger charge is -2.14. The molecule has 14 heavy (non-hydrogen) atoms. The standard InChI is InChI=1S/C11H15NO2/c1-2-6-11(9-13)14-12-10-7-4-3-5-8-10/h2-5,7-8,11-13H,1,6,9H2/t11-/m0/s1. The van der Waals surface area contributed by atoms with E-state index in [4.69, 9.17) is 9.94 Å². The quantitative estimate of drug-likeness (QED) is 0.536. The van der Waals surface area contributed by atoms with Crippen LogP contribution in [-0.2, 0) is 4.84 Å². The number of anilines is 1. The maximum Gasteiger partial charge on any atom is 0.112 e. The van der Waals surface area contributed by atoms with Gasteiger partial charge in [0, 0.05) is 0 Å². The Morgan fingerprint density at radius 3 is 2.71 bits per heavy atom. The first-order chi connectivity index (χ1) is 6.86. The molecule has 1 atom stereocenters. The van der Waals surface area contributed by atoms with Gasteiger partial charge >= 0.3 is 0 Å². The van der Waals surface area contributed by atoms with Crippen LogP contribution in [0.1, 0.15) is 6.42 Å². The van der Waals surface area contributed by atoms with Gasteiger partial charge in [-0.3, -0.25) is 10.3 Å². The average molecular weight is 193 g/mol. The van der Waals surface area contributed by atoms with Crippen LogP contribution in [0.4, 0.5) is 5.69 Å². The second kappa shape index (κ2) is 6.18. The number of hydrogen-bond acceptors (Lipinski definition) is 3. The van der Waals surface area contributed by atoms with Crippen molar-refractivity contribution >= 4 is 5.69 Å². The fourth-order valence-electron chi connectivity index (χ4n) is 1.00. The lowest BCUT2D eigenvalue weighted by Crippen LogP contribution is -2.20. The molecule has 0 heterocycles. The van der Waals surface area contributed by atoms with Gasteiger partial charge in [-0.25, -0.2) is 0 Å². The molecule has 0 fully saturated rings. The SMILES string of the molecule is C=CC[C@@H](CO)ONc1ccccc1. The van der Waals surface area contributed by atoms with Gasteiger partial charge in [-0.15, -0.1) is 6.58 Å². The minimum Gasteiger partial charge on any atom is -0.394 e. The average Bonchev–Trinajstić information content (AvgIpc) is 2.25. The Kier molecular flexibility index (Phi) is 4.75. The lowest BCUT2D eigenvalue weighted by molar-refractivity contribution is 0.0494. The Balaban J connectivity index is 2.35. The van der Waals surface area contributed by atoms with Gasteiger partial charge < -0.3 is 5.11 Å². The van der Waals surface area contributed by atoms with E-state index < -0.39 is 0 Å². The van der Waals surface area contributed by atoms with Crippen LogP contribution in [0, 0.1) is 0 Å². The van der Waals surface area contributed by atoms with Crippen LogP contribution in [0.3, 0.4) is 0 Å². The molecule has 0 saturated carbocycles. The van der Waals surface area contributed by atoms with Crippen LogP contribution in [0.15, 0.2) is 43.0 Å². The Morgan fingerprint density at radius 2 is 2.14 bits per heavy atom. The Morgan fingerprint density at radius 1 is 1.43 bits per heavy atom. The predicted octanol–water partition coefficient (Wildman–Crippen LogP) is 1.97. The molecule has 0 radical (unpaired) electrons. The summed E-state index contributed by atoms with van der Waals surface area (Å²) in [7, 11) is 0. The van der Waals surface area contributed by atoms with Gasteiger partial charge in [0.2, 0.25) is 0 Å². The summed E-state index contributed by atoms with van der Waals surface area (Å²) in [5.74, 6) is 0. The van der Waals surface area contributed by atoms with Crippen LogP contribution >= 0.6 is 0 Å². The molecule has 0 unspecified atom stereocenters. The molecule has 2 N–H and O–H groups in total. The maximum absolute atomic E-state index is 8.92. The molecule has 3 nitrogen and oxygen atoms in total. The highest BCUT2D eigenvalue weighted by Crippen LogP contribution is 2.07. The van der Waals surface area contributed by atoms with Crippen LogP contribution in [-0.4, -0.2) is 17.8 Å². The Labute approximate surface area is 84.0 Å². The van der Waals surface area contributed by atoms with Gasteiger partial charge in [-0.1, -0.05) is 24.3 Å². The molecule has 3 heteroatoms. The number of aliphatic hydroxyl groups is 1. The van der Waals surface area contributed by atoms with E-state index in [1.54, 1.807) is 6.08 Å². The second-order valence-electron chi connectivity index (χ2n) is 2.91. The lowest BCUT2D eigenvalue weighted by atomic mass is 10.3. The zero-order valence-corrected chi connectivity index (χ0v) is 8.02. The fraction of sp³-hybridized carbons (Fsp3) is 0.273. The van der Waals surface area contributed by atoms with Crippen molar-refractivity contribution in [1.29, 1.82) is 0 Å². The van der Waals surface area contributed by atoms with E-state index in [2.05, 4.69) is 12.1 Å². The first kappa shape index (κ1) is 10.8. The van der Waals surface area contributed by atoms with Crippen molar-refractivity contribution in [2.24, 2.45) is 0 Å². The summed E-state index contributed by atoms with van der Waals surface area (Å²) in [6.07, 6.45) is 2.09. The van der Waals surface area contributed by atoms with E-state index in [0.29, 0.717) is 6.42 Å². The molecule has 0 aliphatic rings. The van der Waals surface area contributed by atoms with Crippen LogP contribution < -0.4 is 5.48 Å². The summed E-state index contributed by atoms with van der Waals surface area (Å²) in [6, 6.07) is 9.53. The third-order valence-electron chi connectivity index (χ3n) is 1.75. The van der Waals surface area contributed by atoms with Crippen molar-refractivity contribution in [2.75, 3.05) is 12.1 Å². The van der Waals surface area contributed by atoms with Crippen molar-refractivity contribution in [3.63, 3.8) is 0 Å². The minimum absolute atomic E-state index is 0.0220. The zero-order valence-electron chi connectivity index (χ0n) is 8.02. The number of benzene rings is 1. The Bertz CT molecular complexity index is 261. The number of hydrogen-bond donors (Lipinski definition) is 2. The van der Waals surface area contributed by atoms with Crippen molar-refractivity contribution in [2.45, 2.75) is 12.5 Å². The number of para-hydroxylation sites is 1. The van der Waals surface area contributed by atoms with Crippen LogP contribution in [0.2, 0.25) is 0 Å². The molecule has 0 aliphatic carbocycles. The van der Waals surface area contributed by atoms with Gasteiger partial charge in [0.15, 0.2) is 0 Å². The van der Waals surface area contributed by atoms with Gasteiger partial charge in [0.1, 0.15) is 6.10 Å². The third kappa shape index (κ3) is 3.60. The van der Waals surface area contributed by atoms with E-state index in [-0.39, 0.29) is 12.7 Å². The van der Waals surface area contributed by atoms with E-state index in [1.807, 2.05) is 30.3 Å². The molecule has 1 aromatic carbocycles. The first-order valence-corrected chi connectivity index (χ1v) is 4.55. The summed E-state index contributed by atoms with van der Waals surface area (Å²) in [5.41, 5.74) is 3.64. The molecule has 1 rings (SSSR count). The third-order valence-corrected chi connectivity index (χ3v) is 1.75. The molecular formula is C11H15NO2. The zero-order chi connectivity index (χ0) is 10.2. The predicted molar refractivity (Wildman–Crippen MR) is 56.8 cm³/mol. The minimum atomic E-state index is -0.243. The summed E-state index contributed by atoms with van der Waals surface area (Å²) < 4.78 is 0. The molecule has 0 aliphatic heterocycles. The monoisotopic (exact) mass is 193 g/mol. The maximum atomic E-state index is 8.92. The van der Waals surface area contributed by atoms with E-state index in [1.165, 1.54) is 0 Å². The van der Waals surface area contributed by atoms with Crippen LogP contribution in [0.25, 0.3) is 0 Å². The second-order valence-corrected chi connectivity index (χ2v) is 2.91. The summed E-state index contributed by atoms with van der Waals surface area (Å²) >= 11 is 0. The smallest absolute Gasteiger partial charge is 0.112 e. The molecule has 1 aromatic rings. The van der Waals surface area contributed by atoms with Gasteiger partial charge in [-0.2, -0.15) is 0 Å². The molecule has 0 amide bonds. The molecule has 0 saturated heterocycles. The normalized spacial score (nSPS) is 12.1. The van der Waals surface area contributed by atoms with Gasteiger partial charge in [0.25, 0.3) is 0 Å². The molecule has 0 spiro atoms. The van der Waals surface area contributed by atoms with E-state index in [9.17, 15) is 0 Å². The number of aliphatic hydroxyl groups excluding tert-OH is 1. The van der Waals surface area contributed by atoms with Gasteiger partial charge in [0.05, 0.1) is 12.3 Å². The summed E-state index contributed by atoms with van der Waals surface area (Å²) in [4.78, 5) is 5.25. The van der Waals surface area contributed by atoms with Crippen molar-refractivity contribution in [3.8, 4) is 0 Å². The largest absolute Gasteiger partial charge is 0.394 e. The fourth-order valence-corrected chi connectivity index (χ4v) is 1.00. The highest BCUT2D eigenvalue weighted by molar-refractivity contribution is 5.40. The number of rotatable bonds is 6. The highest BCUT2D eigenvalue weighted by atomic mass is 16.7. The first-order valence-electron chi connectivity index (χ1n) is 4.55. The highest BCUT2D eigenvalue weighted by Gasteiger charge is 2.04. The topological polar surface area (TPSA) is 41.5 Å². The molecule has 76 valence electrons. The van der Waals surface area contributed by atoms with Crippen molar-refractivity contribution in [1.82, 2.24) is 0 Å². The van der Waals surface area contributed by atoms with E-state index in [0.717, 1.165) is 5.69 Å². The van der Waals surface area contributed by atoms with E-state index >= 15 is 0 Å². The summed E-state index contributed by atoms with van der Waals surface area (Å²) in [6.45, 7) is 3.56. The van der Waals surface area contributed by atoms with Crippen molar-refractivity contribution in [3.05, 3.63) is 43.0 Å². The molecule has 0 aromatic heterocycles.